The summed E-state index contributed by atoms with van der Waals surface area (Å²) in [5.41, 5.74) is 3.45. The van der Waals surface area contributed by atoms with Gasteiger partial charge in [0.05, 0.1) is 0 Å². The second-order valence-corrected chi connectivity index (χ2v) is 7.57. The average molecular weight is 430 g/mol. The molecular weight excluding hydrogens is 409 g/mol. The smallest absolute Gasteiger partial charge is 0.262 e. The topological polar surface area (TPSA) is 58.6 Å². The van der Waals surface area contributed by atoms with Crippen molar-refractivity contribution in [2.24, 2.45) is 0 Å². The molecule has 6 heteroatoms. The summed E-state index contributed by atoms with van der Waals surface area (Å²) in [7, 11) is 0. The van der Waals surface area contributed by atoms with Gasteiger partial charge in [0.15, 0.2) is 6.61 Å². The molecule has 0 saturated carbocycles. The van der Waals surface area contributed by atoms with Crippen LogP contribution in [0, 0.1) is 13.8 Å². The molecule has 4 nitrogen and oxygen atoms in total. The molecule has 0 bridgehead atoms. The van der Waals surface area contributed by atoms with E-state index in [0.717, 1.165) is 11.1 Å². The minimum absolute atomic E-state index is 0.177. The van der Waals surface area contributed by atoms with E-state index in [1.54, 1.807) is 30.3 Å². The van der Waals surface area contributed by atoms with Gasteiger partial charge in [-0.15, -0.1) is 0 Å². The van der Waals surface area contributed by atoms with Gasteiger partial charge >= 0.3 is 0 Å². The lowest BCUT2D eigenvalue weighted by atomic mass is 10.00. The Labute approximate surface area is 180 Å². The van der Waals surface area contributed by atoms with Gasteiger partial charge in [0.2, 0.25) is 0 Å². The van der Waals surface area contributed by atoms with Gasteiger partial charge in [-0.1, -0.05) is 53.5 Å². The van der Waals surface area contributed by atoms with Gasteiger partial charge in [-0.2, -0.15) is 0 Å². The number of carbonyl (C=O) groups excluding carboxylic acids is 1. The van der Waals surface area contributed by atoms with Crippen molar-refractivity contribution in [3.05, 3.63) is 93.0 Å². The van der Waals surface area contributed by atoms with E-state index in [0.29, 0.717) is 32.6 Å². The van der Waals surface area contributed by atoms with Crippen LogP contribution < -0.4 is 10.1 Å². The number of carbonyl (C=O) groups is 1. The molecule has 3 aromatic carbocycles. The Balaban J connectivity index is 1.74. The van der Waals surface area contributed by atoms with Crippen molar-refractivity contribution in [2.45, 2.75) is 20.0 Å². The third-order valence-corrected chi connectivity index (χ3v) is 5.31. The Morgan fingerprint density at radius 2 is 1.69 bits per heavy atom. The molecule has 0 saturated heterocycles. The summed E-state index contributed by atoms with van der Waals surface area (Å²) in [5, 5.41) is 14.7. The fourth-order valence-electron chi connectivity index (χ4n) is 3.01. The first-order valence-electron chi connectivity index (χ1n) is 9.07. The van der Waals surface area contributed by atoms with Crippen LogP contribution in [0.25, 0.3) is 0 Å². The molecule has 0 spiro atoms. The number of aryl methyl sites for hydroxylation is 2. The van der Waals surface area contributed by atoms with Crippen LogP contribution in [0.4, 0.5) is 5.69 Å². The Hall–Kier alpha value is -2.53. The number of rotatable bonds is 6. The highest BCUT2D eigenvalue weighted by atomic mass is 35.5. The van der Waals surface area contributed by atoms with Gasteiger partial charge in [0.1, 0.15) is 11.9 Å². The van der Waals surface area contributed by atoms with Gasteiger partial charge in [-0.25, -0.2) is 0 Å². The minimum Gasteiger partial charge on any atom is -0.484 e. The lowest BCUT2D eigenvalue weighted by Crippen LogP contribution is -2.21. The molecule has 0 aliphatic heterocycles. The van der Waals surface area contributed by atoms with Crippen LogP contribution in [0.1, 0.15) is 28.4 Å². The third kappa shape index (κ3) is 5.30. The zero-order valence-electron chi connectivity index (χ0n) is 16.1. The highest BCUT2D eigenvalue weighted by Gasteiger charge is 2.17. The lowest BCUT2D eigenvalue weighted by Gasteiger charge is -2.17. The van der Waals surface area contributed by atoms with E-state index in [2.05, 4.69) is 5.32 Å². The second-order valence-electron chi connectivity index (χ2n) is 6.75. The maximum atomic E-state index is 12.4. The Morgan fingerprint density at radius 3 is 2.34 bits per heavy atom. The van der Waals surface area contributed by atoms with Crippen molar-refractivity contribution < 1.29 is 14.6 Å². The predicted octanol–water partition coefficient (Wildman–Crippen LogP) is 5.71. The van der Waals surface area contributed by atoms with E-state index in [4.69, 9.17) is 27.9 Å². The van der Waals surface area contributed by atoms with Crippen LogP contribution in [0.15, 0.2) is 60.7 Å². The molecule has 0 fully saturated rings. The number of hydrogen-bond acceptors (Lipinski definition) is 3. The Morgan fingerprint density at radius 1 is 1.03 bits per heavy atom. The van der Waals surface area contributed by atoms with Crippen molar-refractivity contribution in [1.82, 2.24) is 0 Å². The molecule has 3 rings (SSSR count). The number of halogens is 2. The number of amides is 1. The molecule has 1 amide bonds. The van der Waals surface area contributed by atoms with E-state index in [-0.39, 0.29) is 12.5 Å². The van der Waals surface area contributed by atoms with Crippen LogP contribution in [0.3, 0.4) is 0 Å². The van der Waals surface area contributed by atoms with Crippen molar-refractivity contribution >= 4 is 34.8 Å². The van der Waals surface area contributed by atoms with Gasteiger partial charge in [0, 0.05) is 21.3 Å². The first-order valence-corrected chi connectivity index (χ1v) is 9.82. The van der Waals surface area contributed by atoms with Gasteiger partial charge in [-0.3, -0.25) is 4.79 Å². The molecule has 29 heavy (non-hydrogen) atoms. The maximum Gasteiger partial charge on any atom is 0.262 e. The van der Waals surface area contributed by atoms with Gasteiger partial charge in [0.25, 0.3) is 5.91 Å². The normalized spacial score (nSPS) is 11.8. The van der Waals surface area contributed by atoms with E-state index < -0.39 is 6.10 Å². The lowest BCUT2D eigenvalue weighted by molar-refractivity contribution is -0.118. The van der Waals surface area contributed by atoms with Crippen LogP contribution in [-0.4, -0.2) is 17.6 Å². The summed E-state index contributed by atoms with van der Waals surface area (Å²) in [4.78, 5) is 12.4. The predicted molar refractivity (Wildman–Crippen MR) is 117 cm³/mol. The fourth-order valence-corrected chi connectivity index (χ4v) is 3.30. The molecule has 0 aromatic heterocycles. The van der Waals surface area contributed by atoms with E-state index in [9.17, 15) is 9.90 Å². The molecule has 0 unspecified atom stereocenters. The number of benzene rings is 3. The summed E-state index contributed by atoms with van der Waals surface area (Å²) in [6, 6.07) is 17.7. The van der Waals surface area contributed by atoms with Crippen molar-refractivity contribution in [3.8, 4) is 5.75 Å². The SMILES string of the molecule is Cc1cc(OCC(=O)Nc2ccc(Cl)cc2[C@@H](O)c2ccccc2)cc(C)c1Cl. The maximum absolute atomic E-state index is 12.4. The zero-order chi connectivity index (χ0) is 21.0. The van der Waals surface area contributed by atoms with Crippen molar-refractivity contribution in [3.63, 3.8) is 0 Å². The molecule has 0 aliphatic carbocycles. The number of nitrogens with one attached hydrogen (secondary N) is 1. The van der Waals surface area contributed by atoms with E-state index >= 15 is 0 Å². The number of ether oxygens (including phenoxy) is 1. The zero-order valence-corrected chi connectivity index (χ0v) is 17.6. The first-order chi connectivity index (χ1) is 13.8. The summed E-state index contributed by atoms with van der Waals surface area (Å²) < 4.78 is 5.61. The van der Waals surface area contributed by atoms with Crippen molar-refractivity contribution in [2.75, 3.05) is 11.9 Å². The highest BCUT2D eigenvalue weighted by molar-refractivity contribution is 6.32. The van der Waals surface area contributed by atoms with Crippen LogP contribution in [0.5, 0.6) is 5.75 Å². The van der Waals surface area contributed by atoms with Crippen LogP contribution in [0.2, 0.25) is 10.0 Å². The second kappa shape index (κ2) is 9.31. The van der Waals surface area contributed by atoms with Gasteiger partial charge < -0.3 is 15.2 Å². The number of aliphatic hydroxyl groups is 1. The van der Waals surface area contributed by atoms with Crippen LogP contribution >= 0.6 is 23.2 Å². The van der Waals surface area contributed by atoms with Crippen LogP contribution in [-0.2, 0) is 4.79 Å². The third-order valence-electron chi connectivity index (χ3n) is 4.48. The molecule has 0 radical (unpaired) electrons. The minimum atomic E-state index is -0.923. The average Bonchev–Trinajstić information content (AvgIpc) is 2.71. The summed E-state index contributed by atoms with van der Waals surface area (Å²) in [5.74, 6) is 0.222. The summed E-state index contributed by atoms with van der Waals surface area (Å²) in [6.07, 6.45) is -0.923. The standard InChI is InChI=1S/C23H21Cl2NO3/c1-14-10-18(11-15(2)22(14)25)29-13-21(27)26-20-9-8-17(24)12-19(20)23(28)16-6-4-3-5-7-16/h3-12,23,28H,13H2,1-2H3,(H,26,27)/t23-/m0/s1. The number of aliphatic hydroxyl groups excluding tert-OH is 1. The molecule has 0 aliphatic rings. The molecule has 0 heterocycles. The fraction of sp³-hybridized carbons (Fsp3) is 0.174. The quantitative estimate of drug-likeness (QED) is 0.527. The van der Waals surface area contributed by atoms with E-state index in [1.165, 1.54) is 0 Å². The Kier molecular flexibility index (Phi) is 6.80. The molecule has 3 aromatic rings. The Bertz CT molecular complexity index is 999. The summed E-state index contributed by atoms with van der Waals surface area (Å²) >= 11 is 12.3. The number of anilines is 1. The number of hydrogen-bond donors (Lipinski definition) is 2. The van der Waals surface area contributed by atoms with Crippen molar-refractivity contribution in [1.29, 1.82) is 0 Å². The molecule has 150 valence electrons. The highest BCUT2D eigenvalue weighted by Crippen LogP contribution is 2.31. The monoisotopic (exact) mass is 429 g/mol. The summed E-state index contributed by atoms with van der Waals surface area (Å²) in [6.45, 7) is 3.59. The van der Waals surface area contributed by atoms with E-state index in [1.807, 2.05) is 44.2 Å². The van der Waals surface area contributed by atoms with Gasteiger partial charge in [-0.05, 0) is 60.9 Å². The largest absolute Gasteiger partial charge is 0.484 e. The molecule has 2 N–H and O–H groups in total. The molecular formula is C23H21Cl2NO3. The first kappa shape index (κ1) is 21.2. The molecule has 1 atom stereocenters.